The maximum Gasteiger partial charge on any atom is 0.261 e. The number of nitrogens with one attached hydrogen (secondary N) is 1. The van der Waals surface area contributed by atoms with Gasteiger partial charge in [-0.25, -0.2) is 0 Å². The van der Waals surface area contributed by atoms with E-state index < -0.39 is 8.32 Å². The van der Waals surface area contributed by atoms with Crippen LogP contribution in [0.5, 0.6) is 0 Å². The molecule has 2 aromatic carbocycles. The molecule has 3 rings (SSSR count). The van der Waals surface area contributed by atoms with Crippen LogP contribution >= 0.6 is 0 Å². The SMILES string of the molecule is C[C@@H]1NCO[C@H]1C[C@H](C)O[Si](c1ccccc1)(c1ccccc1)C(C)(C)C. The predicted molar refractivity (Wildman–Crippen MR) is 115 cm³/mol. The normalized spacial score (nSPS) is 22.0. The van der Waals surface area contributed by atoms with Crippen molar-refractivity contribution in [2.45, 2.75) is 64.3 Å². The zero-order valence-electron chi connectivity index (χ0n) is 17.2. The maximum absolute atomic E-state index is 7.12. The van der Waals surface area contributed by atoms with Gasteiger partial charge in [0.25, 0.3) is 8.32 Å². The van der Waals surface area contributed by atoms with Gasteiger partial charge >= 0.3 is 0 Å². The summed E-state index contributed by atoms with van der Waals surface area (Å²) in [6, 6.07) is 22.0. The molecular formula is C23H33NO2Si. The van der Waals surface area contributed by atoms with E-state index in [1.165, 1.54) is 10.4 Å². The highest BCUT2D eigenvalue weighted by molar-refractivity contribution is 6.99. The summed E-state index contributed by atoms with van der Waals surface area (Å²) in [4.78, 5) is 0. The van der Waals surface area contributed by atoms with Crippen molar-refractivity contribution < 1.29 is 9.16 Å². The van der Waals surface area contributed by atoms with E-state index in [9.17, 15) is 0 Å². The van der Waals surface area contributed by atoms with Gasteiger partial charge in [0.1, 0.15) is 0 Å². The van der Waals surface area contributed by atoms with Gasteiger partial charge in [-0.15, -0.1) is 0 Å². The van der Waals surface area contributed by atoms with Gasteiger partial charge in [-0.1, -0.05) is 81.4 Å². The zero-order valence-corrected chi connectivity index (χ0v) is 18.2. The topological polar surface area (TPSA) is 30.5 Å². The summed E-state index contributed by atoms with van der Waals surface area (Å²) in [6.45, 7) is 12.0. The molecule has 0 radical (unpaired) electrons. The molecule has 146 valence electrons. The second-order valence-corrected chi connectivity index (χ2v) is 12.9. The largest absolute Gasteiger partial charge is 0.405 e. The molecule has 3 nitrogen and oxygen atoms in total. The monoisotopic (exact) mass is 383 g/mol. The quantitative estimate of drug-likeness (QED) is 0.772. The fourth-order valence-corrected chi connectivity index (χ4v) is 8.92. The first-order chi connectivity index (χ1) is 12.8. The van der Waals surface area contributed by atoms with Crippen LogP contribution in [-0.2, 0) is 9.16 Å². The van der Waals surface area contributed by atoms with Crippen LogP contribution in [0, 0.1) is 0 Å². The fraction of sp³-hybridized carbons (Fsp3) is 0.478. The van der Waals surface area contributed by atoms with Crippen LogP contribution in [0.15, 0.2) is 60.7 Å². The van der Waals surface area contributed by atoms with Crippen LogP contribution in [-0.4, -0.2) is 33.3 Å². The van der Waals surface area contributed by atoms with Crippen molar-refractivity contribution in [2.75, 3.05) is 6.73 Å². The lowest BCUT2D eigenvalue weighted by atomic mass is 10.1. The number of rotatable bonds is 6. The summed E-state index contributed by atoms with van der Waals surface area (Å²) in [5, 5.41) is 6.02. The number of hydrogen-bond acceptors (Lipinski definition) is 3. The van der Waals surface area contributed by atoms with Crippen molar-refractivity contribution in [3.05, 3.63) is 60.7 Å². The van der Waals surface area contributed by atoms with E-state index in [4.69, 9.17) is 9.16 Å². The van der Waals surface area contributed by atoms with Gasteiger partial charge in [-0.3, -0.25) is 5.32 Å². The average molecular weight is 384 g/mol. The molecule has 2 aromatic rings. The van der Waals surface area contributed by atoms with E-state index in [-0.39, 0.29) is 17.2 Å². The van der Waals surface area contributed by atoms with Crippen molar-refractivity contribution in [1.82, 2.24) is 5.32 Å². The highest BCUT2D eigenvalue weighted by Crippen LogP contribution is 2.38. The Morgan fingerprint density at radius 3 is 1.96 bits per heavy atom. The van der Waals surface area contributed by atoms with Crippen molar-refractivity contribution in [1.29, 1.82) is 0 Å². The summed E-state index contributed by atoms with van der Waals surface area (Å²) in [6.07, 6.45) is 1.22. The van der Waals surface area contributed by atoms with Gasteiger partial charge in [0.05, 0.1) is 12.8 Å². The van der Waals surface area contributed by atoms with Crippen LogP contribution in [0.25, 0.3) is 0 Å². The standard InChI is InChI=1S/C23H33NO2Si/c1-18(16-22-19(2)24-17-25-22)26-27(23(3,4)5,20-12-8-6-9-13-20)21-14-10-7-11-15-21/h6-15,18-19,22,24H,16-17H2,1-5H3/t18-,19-,22-/m0/s1. The summed E-state index contributed by atoms with van der Waals surface area (Å²) in [5.74, 6) is 0. The second kappa shape index (κ2) is 8.27. The van der Waals surface area contributed by atoms with E-state index >= 15 is 0 Å². The lowest BCUT2D eigenvalue weighted by molar-refractivity contribution is 0.0604. The average Bonchev–Trinajstić information content (AvgIpc) is 3.04. The molecular weight excluding hydrogens is 350 g/mol. The number of hydrogen-bond donors (Lipinski definition) is 1. The molecule has 0 spiro atoms. The van der Waals surface area contributed by atoms with Crippen LogP contribution < -0.4 is 15.7 Å². The highest BCUT2D eigenvalue weighted by Gasteiger charge is 2.51. The molecule has 1 saturated heterocycles. The maximum atomic E-state index is 7.12. The molecule has 27 heavy (non-hydrogen) atoms. The minimum absolute atomic E-state index is 0.00433. The molecule has 0 bridgehead atoms. The molecule has 0 aliphatic carbocycles. The molecule has 0 unspecified atom stereocenters. The summed E-state index contributed by atoms with van der Waals surface area (Å²) in [7, 11) is -2.48. The third kappa shape index (κ3) is 4.19. The third-order valence-corrected chi connectivity index (χ3v) is 10.8. The Balaban J connectivity index is 2.01. The summed E-state index contributed by atoms with van der Waals surface area (Å²) in [5.41, 5.74) is 0. The molecule has 3 atom stereocenters. The van der Waals surface area contributed by atoms with Gasteiger partial charge < -0.3 is 9.16 Å². The molecule has 1 aliphatic heterocycles. The van der Waals surface area contributed by atoms with Gasteiger partial charge in [0, 0.05) is 12.1 Å². The Bertz CT molecular complexity index is 675. The van der Waals surface area contributed by atoms with Crippen molar-refractivity contribution in [3.63, 3.8) is 0 Å². The minimum Gasteiger partial charge on any atom is -0.405 e. The Labute approximate surface area is 165 Å². The van der Waals surface area contributed by atoms with Gasteiger partial charge in [0.15, 0.2) is 0 Å². The molecule has 1 fully saturated rings. The lowest BCUT2D eigenvalue weighted by Gasteiger charge is -2.45. The fourth-order valence-electron chi connectivity index (χ4n) is 4.20. The van der Waals surface area contributed by atoms with E-state index in [0.29, 0.717) is 12.8 Å². The molecule has 1 heterocycles. The first-order valence-electron chi connectivity index (χ1n) is 9.98. The third-order valence-electron chi connectivity index (χ3n) is 5.62. The first kappa shape index (κ1) is 20.3. The van der Waals surface area contributed by atoms with E-state index in [1.807, 2.05) is 0 Å². The van der Waals surface area contributed by atoms with Gasteiger partial charge in [-0.2, -0.15) is 0 Å². The minimum atomic E-state index is -2.48. The summed E-state index contributed by atoms with van der Waals surface area (Å²) >= 11 is 0. The van der Waals surface area contributed by atoms with Crippen LogP contribution in [0.2, 0.25) is 5.04 Å². The molecule has 0 saturated carbocycles. The number of ether oxygens (including phenoxy) is 1. The zero-order chi connectivity index (χ0) is 19.5. The Hall–Kier alpha value is -1.46. The van der Waals surface area contributed by atoms with Gasteiger partial charge in [-0.05, 0) is 35.7 Å². The number of benzene rings is 2. The van der Waals surface area contributed by atoms with E-state index in [0.717, 1.165) is 6.42 Å². The summed E-state index contributed by atoms with van der Waals surface area (Å²) < 4.78 is 13.0. The predicted octanol–water partition coefficient (Wildman–Crippen LogP) is 3.68. The Morgan fingerprint density at radius 1 is 1.04 bits per heavy atom. The molecule has 1 N–H and O–H groups in total. The highest BCUT2D eigenvalue weighted by atomic mass is 28.4. The Kier molecular flexibility index (Phi) is 6.21. The van der Waals surface area contributed by atoms with Crippen LogP contribution in [0.1, 0.15) is 41.0 Å². The molecule has 0 aromatic heterocycles. The van der Waals surface area contributed by atoms with E-state index in [2.05, 4.69) is 101 Å². The molecule has 4 heteroatoms. The Morgan fingerprint density at radius 2 is 1.56 bits per heavy atom. The second-order valence-electron chi connectivity index (χ2n) is 8.67. The smallest absolute Gasteiger partial charge is 0.261 e. The van der Waals surface area contributed by atoms with Crippen molar-refractivity contribution in [2.24, 2.45) is 0 Å². The van der Waals surface area contributed by atoms with Gasteiger partial charge in [0.2, 0.25) is 0 Å². The van der Waals surface area contributed by atoms with Crippen molar-refractivity contribution >= 4 is 18.7 Å². The first-order valence-corrected chi connectivity index (χ1v) is 11.9. The van der Waals surface area contributed by atoms with Crippen LogP contribution in [0.4, 0.5) is 0 Å². The van der Waals surface area contributed by atoms with Crippen molar-refractivity contribution in [3.8, 4) is 0 Å². The molecule has 1 aliphatic rings. The van der Waals surface area contributed by atoms with E-state index in [1.54, 1.807) is 0 Å². The lowest BCUT2D eigenvalue weighted by Crippen LogP contribution is -2.67. The van der Waals surface area contributed by atoms with Crippen LogP contribution in [0.3, 0.4) is 0 Å². The molecule has 0 amide bonds.